The Morgan fingerprint density at radius 1 is 1.37 bits per heavy atom. The lowest BCUT2D eigenvalue weighted by molar-refractivity contribution is 0.131. The van der Waals surface area contributed by atoms with Crippen LogP contribution in [0.2, 0.25) is 0 Å². The van der Waals surface area contributed by atoms with Crippen LogP contribution in [0.4, 0.5) is 0 Å². The Bertz CT molecular complexity index is 418. The summed E-state index contributed by atoms with van der Waals surface area (Å²) in [5.41, 5.74) is 6.25. The smallest absolute Gasteiger partial charge is 0.119 e. The summed E-state index contributed by atoms with van der Waals surface area (Å²) < 4.78 is 5.62. The molecule has 0 bridgehead atoms. The molecule has 1 atom stereocenters. The van der Waals surface area contributed by atoms with Crippen molar-refractivity contribution in [2.24, 2.45) is 5.73 Å². The second-order valence-corrected chi connectivity index (χ2v) is 4.49. The molecule has 0 amide bonds. The Morgan fingerprint density at radius 3 is 2.63 bits per heavy atom. The highest BCUT2D eigenvalue weighted by atomic mass is 16.5. The number of nitrogens with zero attached hydrogens (tertiary/aromatic N) is 1. The van der Waals surface area contributed by atoms with Crippen LogP contribution >= 0.6 is 0 Å². The van der Waals surface area contributed by atoms with Crippen LogP contribution in [0.3, 0.4) is 0 Å². The Morgan fingerprint density at radius 2 is 2.05 bits per heavy atom. The van der Waals surface area contributed by atoms with E-state index in [0.717, 1.165) is 17.9 Å². The predicted octanol–water partition coefficient (Wildman–Crippen LogP) is 0.688. The molecule has 104 valence electrons. The third-order valence-corrected chi connectivity index (χ3v) is 2.51. The summed E-state index contributed by atoms with van der Waals surface area (Å²) in [6.45, 7) is 4.17. The van der Waals surface area contributed by atoms with Crippen molar-refractivity contribution in [2.45, 2.75) is 13.0 Å². The van der Waals surface area contributed by atoms with Gasteiger partial charge in [0, 0.05) is 18.7 Å². The second-order valence-electron chi connectivity index (χ2n) is 4.49. The fourth-order valence-corrected chi connectivity index (χ4v) is 1.65. The molecule has 0 aliphatic heterocycles. The van der Waals surface area contributed by atoms with Crippen LogP contribution in [0.1, 0.15) is 12.5 Å². The van der Waals surface area contributed by atoms with Crippen molar-refractivity contribution in [1.29, 1.82) is 0 Å². The molecule has 0 saturated carbocycles. The van der Waals surface area contributed by atoms with Crippen LogP contribution in [0.15, 0.2) is 24.3 Å². The van der Waals surface area contributed by atoms with Crippen molar-refractivity contribution in [2.75, 3.05) is 33.3 Å². The molecular formula is C15H22N2O2. The first-order chi connectivity index (χ1) is 9.11. The quantitative estimate of drug-likeness (QED) is 0.741. The topological polar surface area (TPSA) is 58.7 Å². The molecule has 19 heavy (non-hydrogen) atoms. The van der Waals surface area contributed by atoms with Crippen molar-refractivity contribution >= 4 is 0 Å². The second kappa shape index (κ2) is 8.54. The van der Waals surface area contributed by atoms with E-state index in [1.165, 1.54) is 0 Å². The average Bonchev–Trinajstić information content (AvgIpc) is 2.37. The standard InChI is InChI=1S/C15H22N2O2/c1-13(18)12-17(2)10-11-19-15-7-5-14(6-8-15)4-3-9-16/h5-8,13,18H,9-12,16H2,1-2H3. The minimum absolute atomic E-state index is 0.314. The molecule has 4 heteroatoms. The highest BCUT2D eigenvalue weighted by molar-refractivity contribution is 5.38. The highest BCUT2D eigenvalue weighted by Gasteiger charge is 2.02. The summed E-state index contributed by atoms with van der Waals surface area (Å²) in [6, 6.07) is 7.62. The first-order valence-corrected chi connectivity index (χ1v) is 6.40. The summed E-state index contributed by atoms with van der Waals surface area (Å²) in [5.74, 6) is 6.59. The van der Waals surface area contributed by atoms with Gasteiger partial charge in [0.25, 0.3) is 0 Å². The van der Waals surface area contributed by atoms with E-state index in [0.29, 0.717) is 19.7 Å². The number of hydrogen-bond acceptors (Lipinski definition) is 4. The number of hydrogen-bond donors (Lipinski definition) is 2. The van der Waals surface area contributed by atoms with Crippen molar-refractivity contribution in [1.82, 2.24) is 4.90 Å². The molecule has 0 aromatic heterocycles. The van der Waals surface area contributed by atoms with Gasteiger partial charge in [-0.25, -0.2) is 0 Å². The lowest BCUT2D eigenvalue weighted by atomic mass is 10.2. The minimum Gasteiger partial charge on any atom is -0.492 e. The van der Waals surface area contributed by atoms with Crippen LogP contribution in [-0.2, 0) is 0 Å². The van der Waals surface area contributed by atoms with E-state index < -0.39 is 0 Å². The van der Waals surface area contributed by atoms with Crippen LogP contribution in [0.5, 0.6) is 5.75 Å². The summed E-state index contributed by atoms with van der Waals surface area (Å²) in [7, 11) is 1.96. The Kier molecular flexibility index (Phi) is 6.98. The zero-order valence-electron chi connectivity index (χ0n) is 11.6. The molecule has 0 heterocycles. The first kappa shape index (κ1) is 15.5. The van der Waals surface area contributed by atoms with Crippen molar-refractivity contribution in [3.8, 4) is 17.6 Å². The fourth-order valence-electron chi connectivity index (χ4n) is 1.65. The molecule has 1 aromatic carbocycles. The maximum Gasteiger partial charge on any atom is 0.119 e. The third kappa shape index (κ3) is 6.82. The van der Waals surface area contributed by atoms with E-state index in [4.69, 9.17) is 10.5 Å². The first-order valence-electron chi connectivity index (χ1n) is 6.40. The van der Waals surface area contributed by atoms with Gasteiger partial charge in [-0.15, -0.1) is 0 Å². The van der Waals surface area contributed by atoms with Gasteiger partial charge in [-0.05, 0) is 38.2 Å². The van der Waals surface area contributed by atoms with E-state index in [9.17, 15) is 5.11 Å². The van der Waals surface area contributed by atoms with Gasteiger partial charge in [0.1, 0.15) is 12.4 Å². The van der Waals surface area contributed by atoms with Crippen LogP contribution in [0.25, 0.3) is 0 Å². The summed E-state index contributed by atoms with van der Waals surface area (Å²) >= 11 is 0. The van der Waals surface area contributed by atoms with Gasteiger partial charge in [0.05, 0.1) is 12.6 Å². The molecule has 1 rings (SSSR count). The third-order valence-electron chi connectivity index (χ3n) is 2.51. The molecular weight excluding hydrogens is 240 g/mol. The van der Waals surface area contributed by atoms with E-state index >= 15 is 0 Å². The van der Waals surface area contributed by atoms with Crippen LogP contribution in [0, 0.1) is 11.8 Å². The maximum atomic E-state index is 9.24. The lowest BCUT2D eigenvalue weighted by Crippen LogP contribution is -2.30. The Hall–Kier alpha value is -1.54. The number of rotatable bonds is 6. The molecule has 0 saturated heterocycles. The SMILES string of the molecule is CC(O)CN(C)CCOc1ccc(C#CCN)cc1. The van der Waals surface area contributed by atoms with E-state index in [2.05, 4.69) is 11.8 Å². The normalized spacial score (nSPS) is 11.8. The zero-order chi connectivity index (χ0) is 14.1. The number of likely N-dealkylation sites (N-methyl/N-ethyl adjacent to an activating group) is 1. The maximum absolute atomic E-state index is 9.24. The van der Waals surface area contributed by atoms with E-state index in [-0.39, 0.29) is 6.10 Å². The molecule has 0 fully saturated rings. The van der Waals surface area contributed by atoms with E-state index in [1.54, 1.807) is 6.92 Å². The van der Waals surface area contributed by atoms with Crippen molar-refractivity contribution in [3.63, 3.8) is 0 Å². The van der Waals surface area contributed by atoms with Gasteiger partial charge in [-0.1, -0.05) is 11.8 Å². The lowest BCUT2D eigenvalue weighted by Gasteiger charge is -2.18. The molecule has 4 nitrogen and oxygen atoms in total. The predicted molar refractivity (Wildman–Crippen MR) is 77.0 cm³/mol. The molecule has 1 unspecified atom stereocenters. The molecule has 0 radical (unpaired) electrons. The van der Waals surface area contributed by atoms with Crippen LogP contribution in [-0.4, -0.2) is 49.4 Å². The largest absolute Gasteiger partial charge is 0.492 e. The number of benzene rings is 1. The number of nitrogens with two attached hydrogens (primary N) is 1. The Labute approximate surface area is 115 Å². The Balaban J connectivity index is 2.34. The monoisotopic (exact) mass is 262 g/mol. The van der Waals surface area contributed by atoms with E-state index in [1.807, 2.05) is 36.2 Å². The van der Waals surface area contributed by atoms with Gasteiger partial charge in [0.15, 0.2) is 0 Å². The van der Waals surface area contributed by atoms with Gasteiger partial charge in [-0.2, -0.15) is 0 Å². The number of aliphatic hydroxyl groups excluding tert-OH is 1. The summed E-state index contributed by atoms with van der Waals surface area (Å²) in [5, 5.41) is 9.24. The van der Waals surface area contributed by atoms with Gasteiger partial charge in [0.2, 0.25) is 0 Å². The van der Waals surface area contributed by atoms with Gasteiger partial charge in [-0.3, -0.25) is 0 Å². The number of ether oxygens (including phenoxy) is 1. The van der Waals surface area contributed by atoms with Crippen molar-refractivity contribution in [3.05, 3.63) is 29.8 Å². The summed E-state index contributed by atoms with van der Waals surface area (Å²) in [6.07, 6.45) is -0.314. The summed E-state index contributed by atoms with van der Waals surface area (Å²) in [4.78, 5) is 2.03. The number of aliphatic hydroxyl groups is 1. The molecule has 3 N–H and O–H groups in total. The zero-order valence-corrected chi connectivity index (χ0v) is 11.6. The molecule has 0 aliphatic carbocycles. The van der Waals surface area contributed by atoms with Crippen LogP contribution < -0.4 is 10.5 Å². The molecule has 1 aromatic rings. The minimum atomic E-state index is -0.314. The fraction of sp³-hybridized carbons (Fsp3) is 0.467. The average molecular weight is 262 g/mol. The molecule has 0 aliphatic rings. The van der Waals surface area contributed by atoms with Gasteiger partial charge >= 0.3 is 0 Å². The molecule has 0 spiro atoms. The highest BCUT2D eigenvalue weighted by Crippen LogP contribution is 2.11. The van der Waals surface area contributed by atoms with Crippen molar-refractivity contribution < 1.29 is 9.84 Å². The van der Waals surface area contributed by atoms with Gasteiger partial charge < -0.3 is 20.5 Å².